The molecule has 1 saturated heterocycles. The van der Waals surface area contributed by atoms with Crippen molar-refractivity contribution >= 4 is 16.6 Å². The van der Waals surface area contributed by atoms with Crippen LogP contribution in [0, 0.1) is 6.92 Å². The van der Waals surface area contributed by atoms with E-state index in [1.54, 1.807) is 0 Å². The van der Waals surface area contributed by atoms with Crippen molar-refractivity contribution in [3.05, 3.63) is 77.4 Å². The molecule has 32 heavy (non-hydrogen) atoms. The number of ether oxygens (including phenoxy) is 1. The van der Waals surface area contributed by atoms with Gasteiger partial charge in [-0.05, 0) is 67.7 Å². The molecular weight excluding hydrogens is 398 g/mol. The van der Waals surface area contributed by atoms with Crippen LogP contribution >= 0.6 is 0 Å². The van der Waals surface area contributed by atoms with Gasteiger partial charge in [-0.25, -0.2) is 0 Å². The van der Waals surface area contributed by atoms with Crippen LogP contribution in [0.4, 0.5) is 0 Å². The van der Waals surface area contributed by atoms with E-state index in [2.05, 4.69) is 29.2 Å². The van der Waals surface area contributed by atoms with Crippen molar-refractivity contribution < 1.29 is 14.6 Å². The lowest BCUT2D eigenvalue weighted by Gasteiger charge is -2.28. The predicted molar refractivity (Wildman–Crippen MR) is 130 cm³/mol. The van der Waals surface area contributed by atoms with Crippen LogP contribution in [-0.4, -0.2) is 48.1 Å². The fraction of sp³-hybridized carbons (Fsp3) is 0.393. The summed E-state index contributed by atoms with van der Waals surface area (Å²) >= 11 is 0. The van der Waals surface area contributed by atoms with Gasteiger partial charge in [-0.1, -0.05) is 60.5 Å². The number of ketones is 1. The predicted octanol–water partition coefficient (Wildman–Crippen LogP) is 5.19. The van der Waals surface area contributed by atoms with Gasteiger partial charge in [-0.2, -0.15) is 0 Å². The van der Waals surface area contributed by atoms with Crippen LogP contribution in [0.1, 0.15) is 47.2 Å². The molecule has 1 aliphatic heterocycles. The lowest BCUT2D eigenvalue weighted by atomic mass is 9.97. The fourth-order valence-electron chi connectivity index (χ4n) is 4.56. The molecule has 1 atom stereocenters. The van der Waals surface area contributed by atoms with Crippen LogP contribution in [0.3, 0.4) is 0 Å². The number of hydrogen-bond acceptors (Lipinski definition) is 4. The van der Waals surface area contributed by atoms with Crippen LogP contribution < -0.4 is 4.74 Å². The average Bonchev–Trinajstić information content (AvgIpc) is 2.82. The van der Waals surface area contributed by atoms with E-state index >= 15 is 0 Å². The number of piperidine rings is 1. The van der Waals surface area contributed by atoms with Crippen molar-refractivity contribution in [1.29, 1.82) is 0 Å². The van der Waals surface area contributed by atoms with E-state index < -0.39 is 6.10 Å². The molecule has 0 aromatic heterocycles. The normalized spacial score (nSPS) is 15.6. The van der Waals surface area contributed by atoms with Crippen LogP contribution in [-0.2, 0) is 6.42 Å². The smallest absolute Gasteiger partial charge is 0.166 e. The summed E-state index contributed by atoms with van der Waals surface area (Å²) in [6.45, 7) is 4.88. The van der Waals surface area contributed by atoms with Gasteiger partial charge in [0.15, 0.2) is 5.78 Å². The number of benzene rings is 3. The molecule has 1 fully saturated rings. The monoisotopic (exact) mass is 431 g/mol. The minimum Gasteiger partial charge on any atom is -0.490 e. The number of aliphatic hydroxyl groups is 1. The van der Waals surface area contributed by atoms with Gasteiger partial charge in [-0.15, -0.1) is 0 Å². The maximum Gasteiger partial charge on any atom is 0.166 e. The molecule has 0 aliphatic carbocycles. The zero-order chi connectivity index (χ0) is 22.3. The first kappa shape index (κ1) is 22.5. The summed E-state index contributed by atoms with van der Waals surface area (Å²) in [4.78, 5) is 15.4. The summed E-state index contributed by atoms with van der Waals surface area (Å²) in [5.74, 6) is 0.637. The average molecular weight is 432 g/mol. The Kier molecular flexibility index (Phi) is 7.56. The Morgan fingerprint density at radius 1 is 1.03 bits per heavy atom. The molecule has 1 unspecified atom stereocenters. The molecule has 1 heterocycles. The number of Topliss-reactive ketones (excluding diaryl/α,β-unsaturated/α-hetero) is 1. The number of β-amino-alcohol motifs (C(OH)–C–C–N with tert-alkyl or cyclic N) is 1. The Balaban J connectivity index is 1.40. The van der Waals surface area contributed by atoms with Gasteiger partial charge in [0.1, 0.15) is 18.5 Å². The molecule has 1 aliphatic rings. The molecule has 4 rings (SSSR count). The van der Waals surface area contributed by atoms with Crippen molar-refractivity contribution in [2.24, 2.45) is 0 Å². The first-order chi connectivity index (χ1) is 15.6. The lowest BCUT2D eigenvalue weighted by Crippen LogP contribution is -2.38. The summed E-state index contributed by atoms with van der Waals surface area (Å²) in [6, 6.07) is 20.2. The third kappa shape index (κ3) is 5.76. The van der Waals surface area contributed by atoms with Crippen molar-refractivity contribution in [1.82, 2.24) is 4.90 Å². The Morgan fingerprint density at radius 3 is 2.66 bits per heavy atom. The summed E-state index contributed by atoms with van der Waals surface area (Å²) in [5, 5.41) is 12.8. The molecule has 168 valence electrons. The second-order valence-electron chi connectivity index (χ2n) is 8.89. The molecule has 4 nitrogen and oxygen atoms in total. The van der Waals surface area contributed by atoms with E-state index in [4.69, 9.17) is 4.74 Å². The Hall–Kier alpha value is -2.69. The maximum absolute atomic E-state index is 13.1. The van der Waals surface area contributed by atoms with Gasteiger partial charge >= 0.3 is 0 Å². The molecule has 0 spiro atoms. The minimum atomic E-state index is -0.562. The van der Waals surface area contributed by atoms with Crippen molar-refractivity contribution in [2.45, 2.75) is 45.1 Å². The highest BCUT2D eigenvalue weighted by Crippen LogP contribution is 2.25. The van der Waals surface area contributed by atoms with Gasteiger partial charge in [0.2, 0.25) is 0 Å². The van der Waals surface area contributed by atoms with E-state index in [1.165, 1.54) is 35.6 Å². The first-order valence-corrected chi connectivity index (χ1v) is 11.7. The fourth-order valence-corrected chi connectivity index (χ4v) is 4.56. The SMILES string of the molecule is Cc1ccc(OCC(O)CN2CCCCC2)c(C(=O)CCc2cccc3ccccc23)c1. The Labute approximate surface area is 190 Å². The van der Waals surface area contributed by atoms with E-state index in [-0.39, 0.29) is 12.4 Å². The number of likely N-dealkylation sites (tertiary alicyclic amines) is 1. The first-order valence-electron chi connectivity index (χ1n) is 11.7. The molecule has 0 bridgehead atoms. The molecule has 3 aromatic rings. The highest BCUT2D eigenvalue weighted by molar-refractivity contribution is 5.99. The largest absolute Gasteiger partial charge is 0.490 e. The standard InChI is InChI=1S/C28H33NO3/c1-21-12-15-28(32-20-24(30)19-29-16-5-2-6-17-29)26(18-21)27(31)14-13-23-10-7-9-22-8-3-4-11-25(22)23/h3-4,7-12,15,18,24,30H,2,5-6,13-14,16-17,19-20H2,1H3. The topological polar surface area (TPSA) is 49.8 Å². The van der Waals surface area contributed by atoms with Gasteiger partial charge < -0.3 is 14.7 Å². The van der Waals surface area contributed by atoms with E-state index in [0.29, 0.717) is 30.7 Å². The molecule has 0 radical (unpaired) electrons. The number of hydrogen-bond donors (Lipinski definition) is 1. The maximum atomic E-state index is 13.1. The summed E-state index contributed by atoms with van der Waals surface area (Å²) < 4.78 is 5.94. The highest BCUT2D eigenvalue weighted by Gasteiger charge is 2.18. The van der Waals surface area contributed by atoms with Gasteiger partial charge in [0.25, 0.3) is 0 Å². The minimum absolute atomic E-state index is 0.0714. The highest BCUT2D eigenvalue weighted by atomic mass is 16.5. The Morgan fingerprint density at radius 2 is 1.81 bits per heavy atom. The summed E-state index contributed by atoms with van der Waals surface area (Å²) in [6.07, 6.45) is 4.21. The number of nitrogens with zero attached hydrogens (tertiary/aromatic N) is 1. The van der Waals surface area contributed by atoms with E-state index in [0.717, 1.165) is 18.7 Å². The molecule has 0 saturated carbocycles. The van der Waals surface area contributed by atoms with Crippen LogP contribution in [0.2, 0.25) is 0 Å². The quantitative estimate of drug-likeness (QED) is 0.474. The molecule has 0 amide bonds. The van der Waals surface area contributed by atoms with Crippen LogP contribution in [0.5, 0.6) is 5.75 Å². The van der Waals surface area contributed by atoms with E-state index in [1.807, 2.05) is 43.3 Å². The van der Waals surface area contributed by atoms with Gasteiger partial charge in [0.05, 0.1) is 5.56 Å². The van der Waals surface area contributed by atoms with E-state index in [9.17, 15) is 9.90 Å². The summed E-state index contributed by atoms with van der Waals surface area (Å²) in [5.41, 5.74) is 2.82. The Bertz CT molecular complexity index is 1050. The number of carbonyl (C=O) groups excluding carboxylic acids is 1. The third-order valence-electron chi connectivity index (χ3n) is 6.29. The zero-order valence-electron chi connectivity index (χ0n) is 18.9. The molecule has 4 heteroatoms. The number of rotatable bonds is 9. The van der Waals surface area contributed by atoms with Crippen molar-refractivity contribution in [3.8, 4) is 5.75 Å². The molecule has 1 N–H and O–H groups in total. The molecule has 3 aromatic carbocycles. The number of fused-ring (bicyclic) bond motifs is 1. The van der Waals surface area contributed by atoms with Crippen molar-refractivity contribution in [3.63, 3.8) is 0 Å². The summed E-state index contributed by atoms with van der Waals surface area (Å²) in [7, 11) is 0. The number of carbonyl (C=O) groups is 1. The number of aliphatic hydroxyl groups excluding tert-OH is 1. The lowest BCUT2D eigenvalue weighted by molar-refractivity contribution is 0.0611. The van der Waals surface area contributed by atoms with Gasteiger partial charge in [-0.3, -0.25) is 4.79 Å². The second-order valence-corrected chi connectivity index (χ2v) is 8.89. The number of aryl methyl sites for hydroxylation is 2. The second kappa shape index (κ2) is 10.8. The van der Waals surface area contributed by atoms with Gasteiger partial charge in [0, 0.05) is 13.0 Å². The van der Waals surface area contributed by atoms with Crippen LogP contribution in [0.25, 0.3) is 10.8 Å². The van der Waals surface area contributed by atoms with Crippen LogP contribution in [0.15, 0.2) is 60.7 Å². The molecular formula is C28H33NO3. The zero-order valence-corrected chi connectivity index (χ0v) is 18.9. The third-order valence-corrected chi connectivity index (χ3v) is 6.29. The van der Waals surface area contributed by atoms with Crippen molar-refractivity contribution in [2.75, 3.05) is 26.2 Å².